The van der Waals surface area contributed by atoms with Crippen molar-refractivity contribution in [3.05, 3.63) is 84.0 Å². The number of carbonyl (C=O) groups is 1. The quantitative estimate of drug-likeness (QED) is 0.407. The van der Waals surface area contributed by atoms with Crippen LogP contribution in [0.25, 0.3) is 11.4 Å². The van der Waals surface area contributed by atoms with Gasteiger partial charge in [-0.2, -0.15) is 0 Å². The van der Waals surface area contributed by atoms with E-state index in [9.17, 15) is 18.3 Å². The molecule has 156 valence electrons. The Hall–Kier alpha value is -3.76. The normalized spacial score (nSPS) is 11.1. The molecule has 1 amide bonds. The molecule has 2 aromatic carbocycles. The highest BCUT2D eigenvalue weighted by atomic mass is 32.2. The molecule has 0 saturated heterocycles. The van der Waals surface area contributed by atoms with Crippen LogP contribution in [0.4, 0.5) is 11.4 Å². The second-order valence-electron chi connectivity index (χ2n) is 6.42. The number of hydrogen-bond donors (Lipinski definition) is 3. The summed E-state index contributed by atoms with van der Waals surface area (Å²) in [6.45, 7) is 0. The van der Waals surface area contributed by atoms with Crippen molar-refractivity contribution >= 4 is 38.6 Å². The van der Waals surface area contributed by atoms with E-state index in [1.54, 1.807) is 47.8 Å². The number of aromatic hydroxyl groups is 1. The van der Waals surface area contributed by atoms with Gasteiger partial charge in [0, 0.05) is 16.8 Å². The third-order valence-electron chi connectivity index (χ3n) is 4.15. The molecule has 0 saturated carbocycles. The van der Waals surface area contributed by atoms with Crippen LogP contribution < -0.4 is 10.0 Å². The number of rotatable bonds is 6. The predicted molar refractivity (Wildman–Crippen MR) is 119 cm³/mol. The van der Waals surface area contributed by atoms with Gasteiger partial charge in [-0.15, -0.1) is 11.3 Å². The van der Waals surface area contributed by atoms with Crippen LogP contribution in [-0.2, 0) is 10.0 Å². The molecule has 0 aliphatic rings. The Morgan fingerprint density at radius 3 is 2.42 bits per heavy atom. The van der Waals surface area contributed by atoms with Crippen LogP contribution in [0.1, 0.15) is 10.4 Å². The van der Waals surface area contributed by atoms with Gasteiger partial charge in [0.15, 0.2) is 5.82 Å². The summed E-state index contributed by atoms with van der Waals surface area (Å²) < 4.78 is 27.4. The van der Waals surface area contributed by atoms with Crippen LogP contribution in [0.2, 0.25) is 0 Å². The summed E-state index contributed by atoms with van der Waals surface area (Å²) in [5.41, 5.74) is 1.56. The minimum absolute atomic E-state index is 0.105. The molecule has 0 aliphatic heterocycles. The Bertz CT molecular complexity index is 1320. The van der Waals surface area contributed by atoms with Gasteiger partial charge in [-0.3, -0.25) is 9.52 Å². The van der Waals surface area contributed by atoms with Gasteiger partial charge >= 0.3 is 0 Å². The highest BCUT2D eigenvalue weighted by molar-refractivity contribution is 7.94. The van der Waals surface area contributed by atoms with Crippen molar-refractivity contribution < 1.29 is 18.3 Å². The first-order valence-corrected chi connectivity index (χ1v) is 11.4. The average molecular weight is 453 g/mol. The SMILES string of the molecule is O=C(Nc1cnc(-c2cccc(O)c2)nc1)c1cccc(NS(=O)(=O)c2cccs2)c1. The second-order valence-corrected chi connectivity index (χ2v) is 9.28. The highest BCUT2D eigenvalue weighted by Crippen LogP contribution is 2.22. The largest absolute Gasteiger partial charge is 0.508 e. The maximum atomic E-state index is 12.6. The molecule has 0 radical (unpaired) electrons. The predicted octanol–water partition coefficient (Wildman–Crippen LogP) is 3.96. The summed E-state index contributed by atoms with van der Waals surface area (Å²) in [5, 5.41) is 13.9. The zero-order valence-electron chi connectivity index (χ0n) is 15.9. The second kappa shape index (κ2) is 8.54. The highest BCUT2D eigenvalue weighted by Gasteiger charge is 2.16. The first kappa shape index (κ1) is 20.5. The number of thiophene rings is 1. The van der Waals surface area contributed by atoms with E-state index in [0.717, 1.165) is 11.3 Å². The number of benzene rings is 2. The van der Waals surface area contributed by atoms with Crippen molar-refractivity contribution in [1.82, 2.24) is 9.97 Å². The number of carbonyl (C=O) groups excluding carboxylic acids is 1. The van der Waals surface area contributed by atoms with E-state index in [0.29, 0.717) is 17.1 Å². The van der Waals surface area contributed by atoms with Crippen molar-refractivity contribution in [2.24, 2.45) is 0 Å². The molecule has 31 heavy (non-hydrogen) atoms. The molecule has 0 aliphatic carbocycles. The topological polar surface area (TPSA) is 121 Å². The molecule has 4 rings (SSSR count). The van der Waals surface area contributed by atoms with Crippen LogP contribution >= 0.6 is 11.3 Å². The number of nitrogens with one attached hydrogen (secondary N) is 2. The standard InChI is InChI=1S/C21H16N4O4S2/c26-18-7-2-4-14(11-18)20-22-12-17(13-23-20)24-21(27)15-5-1-6-16(10-15)25-31(28,29)19-8-3-9-30-19/h1-13,25-26H,(H,24,27). The fourth-order valence-corrected chi connectivity index (χ4v) is 4.78. The number of phenolic OH excluding ortho intramolecular Hbond substituents is 1. The molecule has 2 heterocycles. The Balaban J connectivity index is 1.47. The lowest BCUT2D eigenvalue weighted by Gasteiger charge is -2.09. The molecular weight excluding hydrogens is 436 g/mol. The lowest BCUT2D eigenvalue weighted by molar-refractivity contribution is 0.102. The Labute approximate surface area is 182 Å². The molecule has 0 atom stereocenters. The number of sulfonamides is 1. The lowest BCUT2D eigenvalue weighted by atomic mass is 10.2. The summed E-state index contributed by atoms with van der Waals surface area (Å²) in [4.78, 5) is 21.0. The maximum Gasteiger partial charge on any atom is 0.271 e. The van der Waals surface area contributed by atoms with Crippen molar-refractivity contribution in [2.45, 2.75) is 4.21 Å². The van der Waals surface area contributed by atoms with E-state index in [4.69, 9.17) is 0 Å². The van der Waals surface area contributed by atoms with Gasteiger partial charge in [0.2, 0.25) is 0 Å². The number of anilines is 2. The van der Waals surface area contributed by atoms with Crippen LogP contribution in [0.3, 0.4) is 0 Å². The summed E-state index contributed by atoms with van der Waals surface area (Å²) in [6.07, 6.45) is 2.90. The smallest absolute Gasteiger partial charge is 0.271 e. The third-order valence-corrected chi connectivity index (χ3v) is 6.93. The van der Waals surface area contributed by atoms with E-state index in [2.05, 4.69) is 20.0 Å². The number of aromatic nitrogens is 2. The summed E-state index contributed by atoms with van der Waals surface area (Å²) in [7, 11) is -3.71. The molecule has 8 nitrogen and oxygen atoms in total. The van der Waals surface area contributed by atoms with E-state index >= 15 is 0 Å². The molecule has 2 aromatic heterocycles. The van der Waals surface area contributed by atoms with E-state index in [1.165, 1.54) is 30.6 Å². The van der Waals surface area contributed by atoms with Crippen LogP contribution in [0.15, 0.2) is 82.6 Å². The molecule has 4 aromatic rings. The number of hydrogen-bond acceptors (Lipinski definition) is 7. The summed E-state index contributed by atoms with van der Waals surface area (Å²) in [6, 6.07) is 15.9. The van der Waals surface area contributed by atoms with Gasteiger partial charge in [0.05, 0.1) is 18.1 Å². The average Bonchev–Trinajstić information content (AvgIpc) is 3.30. The maximum absolute atomic E-state index is 12.6. The third kappa shape index (κ3) is 4.87. The first-order valence-electron chi connectivity index (χ1n) is 9.00. The van der Waals surface area contributed by atoms with Crippen molar-refractivity contribution in [2.75, 3.05) is 10.0 Å². The van der Waals surface area contributed by atoms with Crippen LogP contribution in [0, 0.1) is 0 Å². The minimum atomic E-state index is -3.71. The lowest BCUT2D eigenvalue weighted by Crippen LogP contribution is -2.14. The van der Waals surface area contributed by atoms with Gasteiger partial charge in [-0.25, -0.2) is 18.4 Å². The minimum Gasteiger partial charge on any atom is -0.508 e. The summed E-state index contributed by atoms with van der Waals surface area (Å²) in [5.74, 6) is 0.0674. The molecule has 0 unspecified atom stereocenters. The van der Waals surface area contributed by atoms with Crippen molar-refractivity contribution in [3.63, 3.8) is 0 Å². The number of phenols is 1. The van der Waals surface area contributed by atoms with Crippen LogP contribution in [-0.4, -0.2) is 29.4 Å². The molecule has 10 heteroatoms. The Morgan fingerprint density at radius 2 is 1.71 bits per heavy atom. The zero-order chi connectivity index (χ0) is 21.8. The molecule has 0 bridgehead atoms. The zero-order valence-corrected chi connectivity index (χ0v) is 17.5. The van der Waals surface area contributed by atoms with E-state index in [1.807, 2.05) is 0 Å². The monoisotopic (exact) mass is 452 g/mol. The van der Waals surface area contributed by atoms with Gasteiger partial charge in [-0.05, 0) is 41.8 Å². The molecule has 3 N–H and O–H groups in total. The van der Waals surface area contributed by atoms with E-state index < -0.39 is 15.9 Å². The van der Waals surface area contributed by atoms with Crippen molar-refractivity contribution in [1.29, 1.82) is 0 Å². The first-order chi connectivity index (χ1) is 14.9. The fraction of sp³-hybridized carbons (Fsp3) is 0. The van der Waals surface area contributed by atoms with Gasteiger partial charge < -0.3 is 10.4 Å². The molecule has 0 fully saturated rings. The van der Waals surface area contributed by atoms with Crippen molar-refractivity contribution in [3.8, 4) is 17.1 Å². The summed E-state index contributed by atoms with van der Waals surface area (Å²) >= 11 is 1.10. The molecular formula is C21H16N4O4S2. The van der Waals surface area contributed by atoms with Gasteiger partial charge in [0.1, 0.15) is 9.96 Å². The Kier molecular flexibility index (Phi) is 5.65. The van der Waals surface area contributed by atoms with E-state index in [-0.39, 0.29) is 21.2 Å². The Morgan fingerprint density at radius 1 is 0.935 bits per heavy atom. The fourth-order valence-electron chi connectivity index (χ4n) is 2.74. The molecule has 0 spiro atoms. The van der Waals surface area contributed by atoms with Gasteiger partial charge in [-0.1, -0.05) is 24.3 Å². The number of amides is 1. The number of nitrogens with zero attached hydrogens (tertiary/aromatic N) is 2. The van der Waals surface area contributed by atoms with Gasteiger partial charge in [0.25, 0.3) is 15.9 Å². The van der Waals surface area contributed by atoms with Crippen LogP contribution in [0.5, 0.6) is 5.75 Å².